The van der Waals surface area contributed by atoms with E-state index in [0.29, 0.717) is 19.1 Å². The molecule has 1 aromatic carbocycles. The molecule has 0 amide bonds. The van der Waals surface area contributed by atoms with Crippen LogP contribution in [0.5, 0.6) is 0 Å². The van der Waals surface area contributed by atoms with E-state index < -0.39 is 0 Å². The summed E-state index contributed by atoms with van der Waals surface area (Å²) in [5.41, 5.74) is 1.21. The fourth-order valence-electron chi connectivity index (χ4n) is 3.23. The second-order valence-electron chi connectivity index (χ2n) is 6.50. The summed E-state index contributed by atoms with van der Waals surface area (Å²) in [6.45, 7) is 4.40. The molecular weight excluding hydrogens is 264 g/mol. The lowest BCUT2D eigenvalue weighted by atomic mass is 9.91. The van der Waals surface area contributed by atoms with Crippen molar-refractivity contribution in [3.05, 3.63) is 35.9 Å². The van der Waals surface area contributed by atoms with Crippen molar-refractivity contribution in [2.24, 2.45) is 5.92 Å². The molecule has 2 saturated heterocycles. The van der Waals surface area contributed by atoms with Gasteiger partial charge in [-0.25, -0.2) is 0 Å². The molecule has 1 spiro atoms. The van der Waals surface area contributed by atoms with Crippen LogP contribution in [0.3, 0.4) is 0 Å². The normalized spacial score (nSPS) is 33.2. The number of benzene rings is 1. The van der Waals surface area contributed by atoms with E-state index >= 15 is 0 Å². The predicted octanol–water partition coefficient (Wildman–Crippen LogP) is 3.92. The van der Waals surface area contributed by atoms with Crippen molar-refractivity contribution in [2.45, 2.75) is 57.5 Å². The summed E-state index contributed by atoms with van der Waals surface area (Å²) >= 11 is 0. The van der Waals surface area contributed by atoms with Gasteiger partial charge in [-0.2, -0.15) is 0 Å². The van der Waals surface area contributed by atoms with Crippen molar-refractivity contribution in [1.29, 1.82) is 0 Å². The minimum absolute atomic E-state index is 0.177. The standard InChI is InChI=1S/C18H26O3/c1-15-9-11-18(20-12-15)10-5-8-17(21-18)14-19-13-16-6-3-2-4-7-16/h2-4,6-7,15,17H,5,8-14H2,1H3/t15-,17-,18+/m0/s1. The Morgan fingerprint density at radius 3 is 2.81 bits per heavy atom. The van der Waals surface area contributed by atoms with Crippen molar-refractivity contribution in [3.8, 4) is 0 Å². The first kappa shape index (κ1) is 15.0. The lowest BCUT2D eigenvalue weighted by Gasteiger charge is -2.44. The monoisotopic (exact) mass is 290 g/mol. The molecule has 0 aliphatic carbocycles. The maximum absolute atomic E-state index is 6.25. The summed E-state index contributed by atoms with van der Waals surface area (Å²) in [6, 6.07) is 10.3. The van der Waals surface area contributed by atoms with Gasteiger partial charge in [0.15, 0.2) is 5.79 Å². The molecule has 2 fully saturated rings. The third kappa shape index (κ3) is 4.06. The van der Waals surface area contributed by atoms with Crippen molar-refractivity contribution < 1.29 is 14.2 Å². The zero-order valence-electron chi connectivity index (χ0n) is 12.9. The largest absolute Gasteiger partial charge is 0.374 e. The van der Waals surface area contributed by atoms with Crippen LogP contribution in [0.2, 0.25) is 0 Å². The van der Waals surface area contributed by atoms with E-state index in [4.69, 9.17) is 14.2 Å². The second-order valence-corrected chi connectivity index (χ2v) is 6.50. The first-order chi connectivity index (χ1) is 10.3. The van der Waals surface area contributed by atoms with Crippen LogP contribution in [0, 0.1) is 5.92 Å². The van der Waals surface area contributed by atoms with Crippen LogP contribution in [0.25, 0.3) is 0 Å². The fraction of sp³-hybridized carbons (Fsp3) is 0.667. The molecule has 0 N–H and O–H groups in total. The Labute approximate surface area is 127 Å². The third-order valence-electron chi connectivity index (χ3n) is 4.53. The Balaban J connectivity index is 1.46. The smallest absolute Gasteiger partial charge is 0.168 e. The molecule has 0 bridgehead atoms. The predicted molar refractivity (Wildman–Crippen MR) is 81.9 cm³/mol. The van der Waals surface area contributed by atoms with Crippen LogP contribution in [0.1, 0.15) is 44.6 Å². The molecule has 2 heterocycles. The molecule has 1 aromatic rings. The Morgan fingerprint density at radius 1 is 1.19 bits per heavy atom. The van der Waals surface area contributed by atoms with Crippen LogP contribution in [0.4, 0.5) is 0 Å². The first-order valence-corrected chi connectivity index (χ1v) is 8.19. The lowest BCUT2D eigenvalue weighted by Crippen LogP contribution is -2.47. The van der Waals surface area contributed by atoms with Crippen molar-refractivity contribution >= 4 is 0 Å². The van der Waals surface area contributed by atoms with E-state index in [1.165, 1.54) is 18.4 Å². The highest BCUT2D eigenvalue weighted by molar-refractivity contribution is 5.13. The molecule has 2 aliphatic rings. The molecule has 0 radical (unpaired) electrons. The van der Waals surface area contributed by atoms with Gasteiger partial charge in [0, 0.05) is 12.8 Å². The summed E-state index contributed by atoms with van der Waals surface area (Å²) in [6.07, 6.45) is 5.70. The van der Waals surface area contributed by atoms with Crippen molar-refractivity contribution in [1.82, 2.24) is 0 Å². The van der Waals surface area contributed by atoms with E-state index in [9.17, 15) is 0 Å². The molecule has 3 nitrogen and oxygen atoms in total. The molecule has 3 rings (SSSR count). The molecule has 21 heavy (non-hydrogen) atoms. The van der Waals surface area contributed by atoms with Gasteiger partial charge < -0.3 is 14.2 Å². The average molecular weight is 290 g/mol. The Bertz CT molecular complexity index is 423. The van der Waals surface area contributed by atoms with Gasteiger partial charge in [-0.3, -0.25) is 0 Å². The number of hydrogen-bond acceptors (Lipinski definition) is 3. The van der Waals surface area contributed by atoms with Gasteiger partial charge in [0.2, 0.25) is 0 Å². The Morgan fingerprint density at radius 2 is 2.05 bits per heavy atom. The molecule has 3 heteroatoms. The molecule has 0 unspecified atom stereocenters. The SMILES string of the molecule is C[C@H]1CC[C@]2(CCC[C@@H](COCc3ccccc3)O2)OC1. The van der Waals surface area contributed by atoms with E-state index in [0.717, 1.165) is 25.9 Å². The number of hydrogen-bond donors (Lipinski definition) is 0. The second kappa shape index (κ2) is 6.91. The van der Waals surface area contributed by atoms with Crippen molar-refractivity contribution in [3.63, 3.8) is 0 Å². The highest BCUT2D eigenvalue weighted by atomic mass is 16.7. The molecule has 2 aliphatic heterocycles. The zero-order chi connectivity index (χ0) is 14.5. The maximum atomic E-state index is 6.25. The quantitative estimate of drug-likeness (QED) is 0.841. The summed E-state index contributed by atoms with van der Waals surface area (Å²) in [7, 11) is 0. The van der Waals surface area contributed by atoms with Crippen LogP contribution in [-0.4, -0.2) is 25.1 Å². The average Bonchev–Trinajstić information content (AvgIpc) is 2.52. The first-order valence-electron chi connectivity index (χ1n) is 8.19. The van der Waals surface area contributed by atoms with Crippen molar-refractivity contribution in [2.75, 3.05) is 13.2 Å². The lowest BCUT2D eigenvalue weighted by molar-refractivity contribution is -0.306. The highest BCUT2D eigenvalue weighted by Crippen LogP contribution is 2.38. The minimum atomic E-state index is -0.314. The molecule has 116 valence electrons. The van der Waals surface area contributed by atoms with Gasteiger partial charge in [-0.15, -0.1) is 0 Å². The van der Waals surface area contributed by atoms with Gasteiger partial charge in [0.1, 0.15) is 0 Å². The van der Waals surface area contributed by atoms with Gasteiger partial charge in [-0.05, 0) is 30.7 Å². The molecular formula is C18H26O3. The van der Waals surface area contributed by atoms with E-state index in [1.807, 2.05) is 18.2 Å². The van der Waals surface area contributed by atoms with Crippen LogP contribution < -0.4 is 0 Å². The summed E-state index contributed by atoms with van der Waals surface area (Å²) < 4.78 is 18.1. The van der Waals surface area contributed by atoms with E-state index in [-0.39, 0.29) is 11.9 Å². The topological polar surface area (TPSA) is 27.7 Å². The molecule has 3 atom stereocenters. The van der Waals surface area contributed by atoms with Gasteiger partial charge in [0.05, 0.1) is 25.9 Å². The highest BCUT2D eigenvalue weighted by Gasteiger charge is 2.40. The van der Waals surface area contributed by atoms with E-state index in [1.54, 1.807) is 0 Å². The summed E-state index contributed by atoms with van der Waals surface area (Å²) in [5, 5.41) is 0. The van der Waals surface area contributed by atoms with E-state index in [2.05, 4.69) is 19.1 Å². The van der Waals surface area contributed by atoms with Gasteiger partial charge in [0.25, 0.3) is 0 Å². The number of rotatable bonds is 4. The fourth-order valence-corrected chi connectivity index (χ4v) is 3.23. The van der Waals surface area contributed by atoms with Crippen LogP contribution in [0.15, 0.2) is 30.3 Å². The van der Waals surface area contributed by atoms with Crippen LogP contribution >= 0.6 is 0 Å². The van der Waals surface area contributed by atoms with Crippen LogP contribution in [-0.2, 0) is 20.8 Å². The maximum Gasteiger partial charge on any atom is 0.168 e. The summed E-state index contributed by atoms with van der Waals surface area (Å²) in [4.78, 5) is 0. The molecule has 0 saturated carbocycles. The Hall–Kier alpha value is -0.900. The minimum Gasteiger partial charge on any atom is -0.374 e. The third-order valence-corrected chi connectivity index (χ3v) is 4.53. The van der Waals surface area contributed by atoms with Gasteiger partial charge >= 0.3 is 0 Å². The van der Waals surface area contributed by atoms with Gasteiger partial charge in [-0.1, -0.05) is 37.3 Å². The summed E-state index contributed by atoms with van der Waals surface area (Å²) in [5.74, 6) is 0.347. The number of ether oxygens (including phenoxy) is 3. The molecule has 0 aromatic heterocycles. The zero-order valence-corrected chi connectivity index (χ0v) is 12.9. The Kier molecular flexibility index (Phi) is 4.94.